The Kier molecular flexibility index (Phi) is 11.3. The van der Waals surface area contributed by atoms with Crippen molar-refractivity contribution in [2.24, 2.45) is 0 Å². The number of aryl methyl sites for hydroxylation is 1. The lowest BCUT2D eigenvalue weighted by atomic mass is 10.1. The molecule has 10 aromatic carbocycles. The first kappa shape index (κ1) is 44.0. The highest BCUT2D eigenvalue weighted by molar-refractivity contribution is 6.04. The summed E-state index contributed by atoms with van der Waals surface area (Å²) in [5, 5.41) is 2.06. The van der Waals surface area contributed by atoms with Gasteiger partial charge in [0, 0.05) is 96.6 Å². The molecule has 12 aromatic rings. The van der Waals surface area contributed by atoms with Gasteiger partial charge in [0.05, 0.1) is 22.9 Å². The Hall–Kier alpha value is -9.98. The van der Waals surface area contributed by atoms with Gasteiger partial charge in [-0.15, -0.1) is 0 Å². The van der Waals surface area contributed by atoms with E-state index in [-0.39, 0.29) is 0 Å². The Labute approximate surface area is 431 Å². The van der Waals surface area contributed by atoms with E-state index in [9.17, 15) is 0 Å². The van der Waals surface area contributed by atoms with Crippen molar-refractivity contribution in [3.05, 3.63) is 285 Å². The van der Waals surface area contributed by atoms with Crippen LogP contribution in [0.25, 0.3) is 21.8 Å². The van der Waals surface area contributed by atoms with Crippen LogP contribution in [-0.2, 0) is 0 Å². The molecule has 0 unspecified atom stereocenters. The third kappa shape index (κ3) is 8.18. The molecule has 7 nitrogen and oxygen atoms in total. The third-order valence-corrected chi connectivity index (χ3v) is 13.8. The molecule has 3 heterocycles. The van der Waals surface area contributed by atoms with Gasteiger partial charge in [-0.2, -0.15) is 0 Å². The Morgan fingerprint density at radius 1 is 0.243 bits per heavy atom. The second kappa shape index (κ2) is 19.0. The van der Waals surface area contributed by atoms with Crippen LogP contribution in [-0.4, -0.2) is 9.97 Å². The van der Waals surface area contributed by atoms with E-state index in [2.05, 4.69) is 292 Å². The quantitative estimate of drug-likeness (QED) is 0.159. The van der Waals surface area contributed by atoms with Crippen molar-refractivity contribution in [1.82, 2.24) is 9.97 Å². The molecular formula is C67H49N7. The smallest absolute Gasteiger partial charge is 0.0966 e. The molecule has 0 aliphatic carbocycles. The van der Waals surface area contributed by atoms with Crippen molar-refractivity contribution in [3.63, 3.8) is 0 Å². The minimum atomic E-state index is 0.864. The zero-order chi connectivity index (χ0) is 49.4. The van der Waals surface area contributed by atoms with Crippen LogP contribution in [0.4, 0.5) is 85.3 Å². The minimum absolute atomic E-state index is 0.864. The predicted octanol–water partition coefficient (Wildman–Crippen LogP) is 18.8. The summed E-state index contributed by atoms with van der Waals surface area (Å²) in [5.74, 6) is 0. The Morgan fingerprint density at radius 2 is 0.581 bits per heavy atom. The van der Waals surface area contributed by atoms with Gasteiger partial charge in [0.15, 0.2) is 0 Å². The number of rotatable bonds is 5. The van der Waals surface area contributed by atoms with Crippen LogP contribution in [0.2, 0.25) is 0 Å². The third-order valence-electron chi connectivity index (χ3n) is 13.8. The lowest BCUT2D eigenvalue weighted by Gasteiger charge is -2.33. The topological polar surface area (TPSA) is 42.0 Å². The maximum absolute atomic E-state index is 5.19. The highest BCUT2D eigenvalue weighted by Gasteiger charge is 2.24. The normalized spacial score (nSPS) is 12.5. The van der Waals surface area contributed by atoms with E-state index in [1.807, 2.05) is 18.5 Å². The van der Waals surface area contributed by atoms with E-state index in [0.29, 0.717) is 0 Å². The van der Waals surface area contributed by atoms with Gasteiger partial charge in [-0.05, 0) is 158 Å². The molecule has 0 amide bonds. The number of benzene rings is 10. The molecule has 1 aliphatic heterocycles. The van der Waals surface area contributed by atoms with Gasteiger partial charge in [0.2, 0.25) is 0 Å². The van der Waals surface area contributed by atoms with Crippen molar-refractivity contribution >= 4 is 107 Å². The second-order valence-corrected chi connectivity index (χ2v) is 18.5. The summed E-state index contributed by atoms with van der Waals surface area (Å²) in [7, 11) is 0. The van der Waals surface area contributed by atoms with E-state index < -0.39 is 0 Å². The molecule has 0 saturated carbocycles. The van der Waals surface area contributed by atoms with Crippen LogP contribution in [0.3, 0.4) is 0 Å². The maximum atomic E-state index is 5.19. The molecular weight excluding hydrogens is 903 g/mol. The summed E-state index contributed by atoms with van der Waals surface area (Å²) in [5.41, 5.74) is 18.1. The lowest BCUT2D eigenvalue weighted by molar-refractivity contribution is 1.21. The maximum Gasteiger partial charge on any atom is 0.0966 e. The molecule has 0 atom stereocenters. The first-order valence-electron chi connectivity index (χ1n) is 25.0. The fourth-order valence-electron chi connectivity index (χ4n) is 10.5. The summed E-state index contributed by atoms with van der Waals surface area (Å²) in [6.07, 6.45) is 3.83. The van der Waals surface area contributed by atoms with Crippen molar-refractivity contribution in [2.45, 2.75) is 6.92 Å². The van der Waals surface area contributed by atoms with Crippen molar-refractivity contribution in [2.75, 3.05) is 24.5 Å². The number of nitrogens with zero attached hydrogens (tertiary/aromatic N) is 7. The number of aromatic nitrogens is 2. The molecule has 0 spiro atoms. The zero-order valence-electron chi connectivity index (χ0n) is 40.7. The summed E-state index contributed by atoms with van der Waals surface area (Å²) in [6.45, 7) is 2.19. The number of hydrogen-bond acceptors (Lipinski definition) is 7. The van der Waals surface area contributed by atoms with Crippen LogP contribution in [0.15, 0.2) is 279 Å². The van der Waals surface area contributed by atoms with Gasteiger partial charge >= 0.3 is 0 Å². The molecule has 352 valence electrons. The second-order valence-electron chi connectivity index (χ2n) is 18.5. The van der Waals surface area contributed by atoms with Gasteiger partial charge in [-0.1, -0.05) is 121 Å². The van der Waals surface area contributed by atoms with Gasteiger partial charge in [0.1, 0.15) is 0 Å². The van der Waals surface area contributed by atoms with Crippen molar-refractivity contribution < 1.29 is 0 Å². The minimum Gasteiger partial charge on any atom is -0.310 e. The number of hydrogen-bond donors (Lipinski definition) is 0. The Bertz CT molecular complexity index is 3980. The molecule has 0 N–H and O–H groups in total. The van der Waals surface area contributed by atoms with Crippen LogP contribution >= 0.6 is 0 Å². The van der Waals surface area contributed by atoms with Crippen LogP contribution in [0.1, 0.15) is 5.56 Å². The molecule has 0 radical (unpaired) electrons. The molecule has 13 rings (SSSR count). The highest BCUT2D eigenvalue weighted by Crippen LogP contribution is 2.47. The van der Waals surface area contributed by atoms with Crippen LogP contribution in [0.5, 0.6) is 0 Å². The number of fused-ring (bicyclic) bond motifs is 13. The van der Waals surface area contributed by atoms with E-state index in [1.54, 1.807) is 0 Å². The van der Waals surface area contributed by atoms with E-state index in [4.69, 9.17) is 9.97 Å². The SMILES string of the molecule is Cc1ccccc1N1c2cccc(c2)N(c2ccccc2)c2cccc(c2)N(c2ccccc2)c2cccc(c2)N(c2ccccc2)c2cccc(c2)N(c2cnc3c(ccc4cccnc43)c2)c2cccc1c2. The van der Waals surface area contributed by atoms with Crippen molar-refractivity contribution in [1.29, 1.82) is 0 Å². The van der Waals surface area contributed by atoms with E-state index >= 15 is 0 Å². The first-order valence-corrected chi connectivity index (χ1v) is 25.0. The first-order chi connectivity index (χ1) is 36.6. The standard InChI is InChI=1S/C67H49N7/c1-48-19-11-12-37-65(48)74-62-35-16-32-59(45-62)72(53-25-9-4-10-26-53)57-30-14-28-55(43-57)70(51-21-5-2-6-22-51)54-27-13-29-56(42-54)71(52-23-7-3-8-24-52)58-31-15-33-60(44-58)73(61-34-17-36-63(74)46-61)64-41-50-39-38-49-20-18-40-68-66(49)67(50)69-47-64/h2-47H,1H3. The predicted molar refractivity (Wildman–Crippen MR) is 309 cm³/mol. The molecule has 0 saturated heterocycles. The van der Waals surface area contributed by atoms with E-state index in [1.165, 1.54) is 0 Å². The summed E-state index contributed by atoms with van der Waals surface area (Å²) < 4.78 is 0. The number of pyridine rings is 2. The fourth-order valence-corrected chi connectivity index (χ4v) is 10.5. The average molecular weight is 952 g/mol. The largest absolute Gasteiger partial charge is 0.310 e. The Balaban J connectivity index is 1.10. The number of para-hydroxylation sites is 4. The van der Waals surface area contributed by atoms with Gasteiger partial charge in [0.25, 0.3) is 0 Å². The summed E-state index contributed by atoms with van der Waals surface area (Å²) in [6, 6.07) is 95.5. The van der Waals surface area contributed by atoms with Crippen LogP contribution < -0.4 is 24.5 Å². The van der Waals surface area contributed by atoms with Gasteiger partial charge in [-0.25, -0.2) is 0 Å². The van der Waals surface area contributed by atoms with Crippen LogP contribution in [0, 0.1) is 6.92 Å². The monoisotopic (exact) mass is 951 g/mol. The fraction of sp³-hybridized carbons (Fsp3) is 0.0149. The summed E-state index contributed by atoms with van der Waals surface area (Å²) >= 11 is 0. The van der Waals surface area contributed by atoms with E-state index in [0.717, 1.165) is 113 Å². The van der Waals surface area contributed by atoms with Gasteiger partial charge < -0.3 is 24.5 Å². The number of anilines is 15. The Morgan fingerprint density at radius 3 is 1.00 bits per heavy atom. The lowest BCUT2D eigenvalue weighted by Crippen LogP contribution is -2.16. The molecule has 2 aromatic heterocycles. The van der Waals surface area contributed by atoms with Gasteiger partial charge in [-0.3, -0.25) is 9.97 Å². The average Bonchev–Trinajstić information content (AvgIpc) is 3.45. The zero-order valence-corrected chi connectivity index (χ0v) is 40.7. The molecule has 0 fully saturated rings. The molecule has 10 bridgehead atoms. The molecule has 74 heavy (non-hydrogen) atoms. The van der Waals surface area contributed by atoms with Crippen molar-refractivity contribution in [3.8, 4) is 0 Å². The molecule has 7 heteroatoms. The highest BCUT2D eigenvalue weighted by atomic mass is 15.2. The summed E-state index contributed by atoms with van der Waals surface area (Å²) in [4.78, 5) is 21.7. The molecule has 1 aliphatic rings.